The van der Waals surface area contributed by atoms with Crippen LogP contribution in [0.3, 0.4) is 0 Å². The Bertz CT molecular complexity index is 566. The number of nitrogens with zero attached hydrogens (tertiary/aromatic N) is 2. The number of benzene rings is 1. The molecule has 160 valence electrons. The molecular weight excluding hydrogens is 463 g/mol. The van der Waals surface area contributed by atoms with Crippen LogP contribution in [0.15, 0.2) is 29.3 Å². The van der Waals surface area contributed by atoms with Crippen molar-refractivity contribution in [1.29, 1.82) is 0 Å². The van der Waals surface area contributed by atoms with Gasteiger partial charge in [-0.3, -0.25) is 4.99 Å². The molecule has 0 bridgehead atoms. The number of ether oxygens (including phenoxy) is 1. The van der Waals surface area contributed by atoms with Gasteiger partial charge in [0.25, 0.3) is 0 Å². The number of hydrogen-bond acceptors (Lipinski definition) is 3. The van der Waals surface area contributed by atoms with E-state index in [-0.39, 0.29) is 24.0 Å². The lowest BCUT2D eigenvalue weighted by Crippen LogP contribution is -2.50. The Morgan fingerprint density at radius 3 is 2.32 bits per heavy atom. The second-order valence-corrected chi connectivity index (χ2v) is 8.15. The van der Waals surface area contributed by atoms with Crippen LogP contribution in [0.1, 0.15) is 46.1 Å². The summed E-state index contributed by atoms with van der Waals surface area (Å²) in [6.45, 7) is 12.8. The highest BCUT2D eigenvalue weighted by Gasteiger charge is 2.21. The fraction of sp³-hybridized carbons (Fsp3) is 0.682. The van der Waals surface area contributed by atoms with Crippen LogP contribution in [0.2, 0.25) is 0 Å². The van der Waals surface area contributed by atoms with Crippen molar-refractivity contribution in [2.45, 2.75) is 59.0 Å². The van der Waals surface area contributed by atoms with Crippen LogP contribution in [0.5, 0.6) is 5.75 Å². The average Bonchev–Trinajstić information content (AvgIpc) is 2.67. The van der Waals surface area contributed by atoms with Gasteiger partial charge in [-0.25, -0.2) is 0 Å². The van der Waals surface area contributed by atoms with Crippen molar-refractivity contribution in [3.05, 3.63) is 29.8 Å². The molecule has 1 aliphatic rings. The van der Waals surface area contributed by atoms with Gasteiger partial charge in [0, 0.05) is 38.8 Å². The van der Waals surface area contributed by atoms with Gasteiger partial charge in [0.05, 0.1) is 6.61 Å². The number of likely N-dealkylation sites (tertiary alicyclic amines) is 1. The van der Waals surface area contributed by atoms with E-state index >= 15 is 0 Å². The van der Waals surface area contributed by atoms with Gasteiger partial charge in [-0.05, 0) is 56.7 Å². The molecule has 1 aromatic rings. The van der Waals surface area contributed by atoms with E-state index in [9.17, 15) is 0 Å². The topological polar surface area (TPSA) is 48.9 Å². The zero-order valence-corrected chi connectivity index (χ0v) is 20.5. The average molecular weight is 502 g/mol. The van der Waals surface area contributed by atoms with Gasteiger partial charge in [0.15, 0.2) is 5.96 Å². The number of piperidine rings is 1. The third kappa shape index (κ3) is 8.99. The van der Waals surface area contributed by atoms with Crippen LogP contribution in [0.25, 0.3) is 0 Å². The van der Waals surface area contributed by atoms with Crippen LogP contribution in [-0.4, -0.2) is 56.2 Å². The molecule has 0 amide bonds. The lowest BCUT2D eigenvalue weighted by molar-refractivity contribution is 0.167. The van der Waals surface area contributed by atoms with E-state index in [1.807, 2.05) is 7.05 Å². The van der Waals surface area contributed by atoms with Crippen LogP contribution < -0.4 is 15.4 Å². The van der Waals surface area contributed by atoms with Crippen molar-refractivity contribution in [1.82, 2.24) is 15.5 Å². The molecule has 1 fully saturated rings. The lowest BCUT2D eigenvalue weighted by Gasteiger charge is -2.35. The van der Waals surface area contributed by atoms with Gasteiger partial charge in [0.2, 0.25) is 0 Å². The Morgan fingerprint density at radius 1 is 1.14 bits per heavy atom. The molecule has 1 saturated heterocycles. The summed E-state index contributed by atoms with van der Waals surface area (Å²) < 4.78 is 5.74. The summed E-state index contributed by atoms with van der Waals surface area (Å²) in [6, 6.07) is 9.58. The molecule has 0 aromatic heterocycles. The molecule has 0 spiro atoms. The second-order valence-electron chi connectivity index (χ2n) is 8.15. The SMILES string of the molecule is CN=C(NCCc1ccc(OCC(C)C)cc1)NC1CCN(C(C)C)CC1.I. The molecule has 0 unspecified atom stereocenters. The minimum atomic E-state index is 0. The Hall–Kier alpha value is -1.02. The maximum Gasteiger partial charge on any atom is 0.191 e. The molecule has 1 heterocycles. The molecule has 2 N–H and O–H groups in total. The van der Waals surface area contributed by atoms with Gasteiger partial charge in [0.1, 0.15) is 5.75 Å². The van der Waals surface area contributed by atoms with Gasteiger partial charge in [-0.15, -0.1) is 24.0 Å². The van der Waals surface area contributed by atoms with E-state index in [0.29, 0.717) is 18.0 Å². The van der Waals surface area contributed by atoms with Crippen LogP contribution in [0, 0.1) is 5.92 Å². The number of hydrogen-bond donors (Lipinski definition) is 2. The first-order valence-corrected chi connectivity index (χ1v) is 10.4. The normalized spacial score (nSPS) is 16.2. The van der Waals surface area contributed by atoms with E-state index in [1.165, 1.54) is 18.4 Å². The summed E-state index contributed by atoms with van der Waals surface area (Å²) in [4.78, 5) is 6.93. The summed E-state index contributed by atoms with van der Waals surface area (Å²) in [5, 5.41) is 7.03. The fourth-order valence-electron chi connectivity index (χ4n) is 3.29. The molecule has 0 aliphatic carbocycles. The molecule has 1 aromatic carbocycles. The van der Waals surface area contributed by atoms with Crippen molar-refractivity contribution in [3.8, 4) is 5.75 Å². The number of nitrogens with one attached hydrogen (secondary N) is 2. The molecule has 5 nitrogen and oxygen atoms in total. The first-order chi connectivity index (χ1) is 13.0. The predicted octanol–water partition coefficient (Wildman–Crippen LogP) is 3.92. The standard InChI is InChI=1S/C22H38N4O.HI/c1-17(2)16-27-21-8-6-19(7-9-21)10-13-24-22(23-5)25-20-11-14-26(15-12-20)18(3)4;/h6-9,17-18,20H,10-16H2,1-5H3,(H2,23,24,25);1H. The van der Waals surface area contributed by atoms with Crippen molar-refractivity contribution >= 4 is 29.9 Å². The first-order valence-electron chi connectivity index (χ1n) is 10.4. The predicted molar refractivity (Wildman–Crippen MR) is 130 cm³/mol. The molecule has 6 heteroatoms. The molecule has 0 atom stereocenters. The van der Waals surface area contributed by atoms with Crippen molar-refractivity contribution < 1.29 is 4.74 Å². The third-order valence-electron chi connectivity index (χ3n) is 5.04. The summed E-state index contributed by atoms with van der Waals surface area (Å²) in [7, 11) is 1.85. The fourth-order valence-corrected chi connectivity index (χ4v) is 3.29. The summed E-state index contributed by atoms with van der Waals surface area (Å²) in [5.41, 5.74) is 1.31. The van der Waals surface area contributed by atoms with Gasteiger partial charge in [-0.2, -0.15) is 0 Å². The summed E-state index contributed by atoms with van der Waals surface area (Å²) >= 11 is 0. The maximum atomic E-state index is 5.74. The summed E-state index contributed by atoms with van der Waals surface area (Å²) in [6.07, 6.45) is 3.32. The lowest BCUT2D eigenvalue weighted by atomic mass is 10.0. The molecule has 0 radical (unpaired) electrons. The van der Waals surface area contributed by atoms with Crippen LogP contribution in [0.4, 0.5) is 0 Å². The first kappa shape index (κ1) is 25.0. The second kappa shape index (κ2) is 13.2. The van der Waals surface area contributed by atoms with E-state index in [1.54, 1.807) is 0 Å². The Balaban J connectivity index is 0.00000392. The monoisotopic (exact) mass is 502 g/mol. The van der Waals surface area contributed by atoms with Crippen LogP contribution >= 0.6 is 24.0 Å². The minimum absolute atomic E-state index is 0. The number of aliphatic imine (C=N–C) groups is 1. The molecule has 28 heavy (non-hydrogen) atoms. The molecule has 0 saturated carbocycles. The quantitative estimate of drug-likeness (QED) is 0.322. The molecule has 2 rings (SSSR count). The van der Waals surface area contributed by atoms with Gasteiger partial charge in [-0.1, -0.05) is 26.0 Å². The van der Waals surface area contributed by atoms with Crippen molar-refractivity contribution in [3.63, 3.8) is 0 Å². The highest BCUT2D eigenvalue weighted by Crippen LogP contribution is 2.14. The zero-order valence-electron chi connectivity index (χ0n) is 18.2. The third-order valence-corrected chi connectivity index (χ3v) is 5.04. The number of halogens is 1. The largest absolute Gasteiger partial charge is 0.493 e. The number of rotatable bonds is 8. The summed E-state index contributed by atoms with van der Waals surface area (Å²) in [5.74, 6) is 2.41. The van der Waals surface area contributed by atoms with E-state index in [0.717, 1.165) is 44.4 Å². The van der Waals surface area contributed by atoms with E-state index < -0.39 is 0 Å². The minimum Gasteiger partial charge on any atom is -0.493 e. The number of guanidine groups is 1. The van der Waals surface area contributed by atoms with Crippen molar-refractivity contribution in [2.75, 3.05) is 33.3 Å². The molecular formula is C22H39IN4O. The highest BCUT2D eigenvalue weighted by atomic mass is 127. The Kier molecular flexibility index (Phi) is 11.8. The molecule has 1 aliphatic heterocycles. The van der Waals surface area contributed by atoms with E-state index in [4.69, 9.17) is 4.74 Å². The van der Waals surface area contributed by atoms with Gasteiger partial charge < -0.3 is 20.3 Å². The smallest absolute Gasteiger partial charge is 0.191 e. The van der Waals surface area contributed by atoms with Gasteiger partial charge >= 0.3 is 0 Å². The zero-order chi connectivity index (χ0) is 19.6. The van der Waals surface area contributed by atoms with E-state index in [2.05, 4.69) is 72.5 Å². The Morgan fingerprint density at radius 2 is 1.79 bits per heavy atom. The highest BCUT2D eigenvalue weighted by molar-refractivity contribution is 14.0. The maximum absolute atomic E-state index is 5.74. The Labute approximate surface area is 188 Å². The van der Waals surface area contributed by atoms with Crippen LogP contribution in [-0.2, 0) is 6.42 Å². The van der Waals surface area contributed by atoms with Crippen molar-refractivity contribution in [2.24, 2.45) is 10.9 Å².